The molecule has 0 fully saturated rings. The first kappa shape index (κ1) is 28.4. The predicted molar refractivity (Wildman–Crippen MR) is 153 cm³/mol. The van der Waals surface area contributed by atoms with Crippen molar-refractivity contribution >= 4 is 11.8 Å². The molecule has 0 radical (unpaired) electrons. The van der Waals surface area contributed by atoms with E-state index in [1.165, 1.54) is 19.2 Å². The molecule has 4 rings (SSSR count). The van der Waals surface area contributed by atoms with Gasteiger partial charge in [0.2, 0.25) is 11.8 Å². The average molecular weight is 541 g/mol. The van der Waals surface area contributed by atoms with Gasteiger partial charge in [-0.15, -0.1) is 0 Å². The van der Waals surface area contributed by atoms with Gasteiger partial charge in [-0.05, 0) is 52.9 Å². The van der Waals surface area contributed by atoms with Crippen LogP contribution in [0.15, 0.2) is 103 Å². The monoisotopic (exact) mass is 540 g/mol. The Morgan fingerprint density at radius 2 is 1.40 bits per heavy atom. The van der Waals surface area contributed by atoms with E-state index in [9.17, 15) is 14.0 Å². The summed E-state index contributed by atoms with van der Waals surface area (Å²) < 4.78 is 24.4. The number of carbonyl (C=O) groups is 2. The Kier molecular flexibility index (Phi) is 9.88. The summed E-state index contributed by atoms with van der Waals surface area (Å²) in [6.45, 7) is 0.540. The number of nitrogens with zero attached hydrogens (tertiary/aromatic N) is 1. The second-order valence-corrected chi connectivity index (χ2v) is 9.35. The van der Waals surface area contributed by atoms with Crippen molar-refractivity contribution in [3.63, 3.8) is 0 Å². The molecule has 0 heterocycles. The molecule has 0 aliphatic rings. The van der Waals surface area contributed by atoms with Gasteiger partial charge >= 0.3 is 0 Å². The van der Waals surface area contributed by atoms with Crippen molar-refractivity contribution in [1.29, 1.82) is 0 Å². The summed E-state index contributed by atoms with van der Waals surface area (Å²) >= 11 is 0. The highest BCUT2D eigenvalue weighted by Gasteiger charge is 2.31. The second-order valence-electron chi connectivity index (χ2n) is 9.35. The molecule has 0 bridgehead atoms. The van der Waals surface area contributed by atoms with E-state index in [0.29, 0.717) is 41.2 Å². The zero-order chi connectivity index (χ0) is 28.3. The Morgan fingerprint density at radius 1 is 0.775 bits per heavy atom. The quantitative estimate of drug-likeness (QED) is 0.257. The predicted octanol–water partition coefficient (Wildman–Crippen LogP) is 5.51. The van der Waals surface area contributed by atoms with Crippen LogP contribution in [0.5, 0.6) is 11.5 Å². The minimum Gasteiger partial charge on any atom is -0.493 e. The van der Waals surface area contributed by atoms with Gasteiger partial charge in [-0.3, -0.25) is 9.59 Å². The molecule has 0 unspecified atom stereocenters. The van der Waals surface area contributed by atoms with E-state index in [2.05, 4.69) is 5.32 Å². The lowest BCUT2D eigenvalue weighted by Gasteiger charge is -2.32. The number of rotatable bonds is 12. The van der Waals surface area contributed by atoms with E-state index in [4.69, 9.17) is 9.47 Å². The lowest BCUT2D eigenvalue weighted by Crippen LogP contribution is -2.44. The van der Waals surface area contributed by atoms with Gasteiger partial charge in [0, 0.05) is 13.1 Å². The van der Waals surface area contributed by atoms with E-state index >= 15 is 0 Å². The first-order valence-electron chi connectivity index (χ1n) is 13.1. The number of hydrogen-bond acceptors (Lipinski definition) is 4. The number of nitrogens with one attached hydrogen (secondary N) is 1. The highest BCUT2D eigenvalue weighted by molar-refractivity contribution is 5.89. The number of ether oxygens (including phenoxy) is 2. The third-order valence-corrected chi connectivity index (χ3v) is 6.62. The molecule has 0 aliphatic heterocycles. The lowest BCUT2D eigenvalue weighted by atomic mass is 10.0. The van der Waals surface area contributed by atoms with Gasteiger partial charge in [-0.2, -0.15) is 0 Å². The number of amides is 2. The number of methoxy groups -OCH3 is 2. The lowest BCUT2D eigenvalue weighted by molar-refractivity contribution is -0.141. The SMILES string of the molecule is COc1ccc(CC(=O)N(Cc2ccc(F)cc2)[C@H](C(=O)NCCc2ccccc2)c2ccccc2)cc1OC. The van der Waals surface area contributed by atoms with Gasteiger partial charge in [0.15, 0.2) is 11.5 Å². The van der Waals surface area contributed by atoms with Crippen LogP contribution in [0, 0.1) is 5.82 Å². The molecule has 206 valence electrons. The minimum absolute atomic E-state index is 0.0299. The molecule has 1 N–H and O–H groups in total. The van der Waals surface area contributed by atoms with E-state index in [-0.39, 0.29) is 30.6 Å². The molecule has 4 aromatic rings. The summed E-state index contributed by atoms with van der Waals surface area (Å²) in [6.07, 6.45) is 0.688. The molecule has 7 heteroatoms. The Hall–Kier alpha value is -4.65. The van der Waals surface area contributed by atoms with E-state index in [0.717, 1.165) is 5.56 Å². The van der Waals surface area contributed by atoms with Gasteiger partial charge in [0.1, 0.15) is 11.9 Å². The molecular weight excluding hydrogens is 507 g/mol. The van der Waals surface area contributed by atoms with Crippen LogP contribution in [0.4, 0.5) is 4.39 Å². The van der Waals surface area contributed by atoms with Gasteiger partial charge in [-0.25, -0.2) is 4.39 Å². The molecule has 2 amide bonds. The fourth-order valence-corrected chi connectivity index (χ4v) is 4.56. The zero-order valence-electron chi connectivity index (χ0n) is 22.7. The van der Waals surface area contributed by atoms with Crippen molar-refractivity contribution in [3.05, 3.63) is 131 Å². The Labute approximate surface area is 234 Å². The van der Waals surface area contributed by atoms with Crippen LogP contribution >= 0.6 is 0 Å². The van der Waals surface area contributed by atoms with Crippen molar-refractivity contribution < 1.29 is 23.5 Å². The van der Waals surface area contributed by atoms with Crippen LogP contribution < -0.4 is 14.8 Å². The van der Waals surface area contributed by atoms with Crippen molar-refractivity contribution in [2.75, 3.05) is 20.8 Å². The van der Waals surface area contributed by atoms with Gasteiger partial charge in [-0.1, -0.05) is 78.9 Å². The first-order chi connectivity index (χ1) is 19.5. The molecule has 0 saturated heterocycles. The molecule has 6 nitrogen and oxygen atoms in total. The Bertz CT molecular complexity index is 1400. The summed E-state index contributed by atoms with van der Waals surface area (Å²) in [5, 5.41) is 3.03. The number of hydrogen-bond donors (Lipinski definition) is 1. The Balaban J connectivity index is 1.64. The van der Waals surface area contributed by atoms with Crippen LogP contribution in [0.1, 0.15) is 28.3 Å². The van der Waals surface area contributed by atoms with Crippen LogP contribution in [0.25, 0.3) is 0 Å². The molecular formula is C33H33FN2O4. The number of benzene rings is 4. The van der Waals surface area contributed by atoms with Crippen molar-refractivity contribution in [2.24, 2.45) is 0 Å². The highest BCUT2D eigenvalue weighted by Crippen LogP contribution is 2.29. The maximum Gasteiger partial charge on any atom is 0.247 e. The smallest absolute Gasteiger partial charge is 0.247 e. The summed E-state index contributed by atoms with van der Waals surface area (Å²) in [5.74, 6) is 0.150. The molecule has 0 saturated carbocycles. The van der Waals surface area contributed by atoms with E-state index < -0.39 is 6.04 Å². The first-order valence-corrected chi connectivity index (χ1v) is 13.1. The molecule has 0 aromatic heterocycles. The standard InChI is InChI=1S/C33H33FN2O4/c1-39-29-18-15-26(21-30(29)40-2)22-31(37)36(23-25-13-16-28(34)17-14-25)32(27-11-7-4-8-12-27)33(38)35-20-19-24-9-5-3-6-10-24/h3-18,21,32H,19-20,22-23H2,1-2H3,(H,35,38)/t32-/m0/s1. The summed E-state index contributed by atoms with van der Waals surface area (Å²) in [6, 6.07) is 29.5. The largest absolute Gasteiger partial charge is 0.493 e. The normalized spacial score (nSPS) is 11.4. The van der Waals surface area contributed by atoms with Crippen molar-refractivity contribution in [3.8, 4) is 11.5 Å². The highest BCUT2D eigenvalue weighted by atomic mass is 19.1. The molecule has 4 aromatic carbocycles. The maximum atomic E-state index is 14.0. The van der Waals surface area contributed by atoms with Crippen LogP contribution in [0.2, 0.25) is 0 Å². The number of carbonyl (C=O) groups excluding carboxylic acids is 2. The van der Waals surface area contributed by atoms with Gasteiger partial charge < -0.3 is 19.7 Å². The van der Waals surface area contributed by atoms with E-state index in [1.807, 2.05) is 60.7 Å². The molecule has 0 spiro atoms. The average Bonchev–Trinajstić information content (AvgIpc) is 2.99. The summed E-state index contributed by atoms with van der Waals surface area (Å²) in [4.78, 5) is 29.3. The summed E-state index contributed by atoms with van der Waals surface area (Å²) in [5.41, 5.74) is 3.21. The van der Waals surface area contributed by atoms with Gasteiger partial charge in [0.05, 0.1) is 20.6 Å². The minimum atomic E-state index is -0.894. The van der Waals surface area contributed by atoms with Crippen LogP contribution in [-0.4, -0.2) is 37.5 Å². The van der Waals surface area contributed by atoms with Gasteiger partial charge in [0.25, 0.3) is 0 Å². The van der Waals surface area contributed by atoms with Crippen molar-refractivity contribution in [2.45, 2.75) is 25.4 Å². The molecule has 0 aliphatic carbocycles. The van der Waals surface area contributed by atoms with Crippen molar-refractivity contribution in [1.82, 2.24) is 10.2 Å². The molecule has 40 heavy (non-hydrogen) atoms. The maximum absolute atomic E-state index is 14.0. The van der Waals surface area contributed by atoms with Crippen LogP contribution in [-0.2, 0) is 29.0 Å². The van der Waals surface area contributed by atoms with Crippen LogP contribution in [0.3, 0.4) is 0 Å². The third kappa shape index (κ3) is 7.47. The summed E-state index contributed by atoms with van der Waals surface area (Å²) in [7, 11) is 3.09. The zero-order valence-corrected chi connectivity index (χ0v) is 22.7. The van der Waals surface area contributed by atoms with E-state index in [1.54, 1.807) is 42.3 Å². The number of halogens is 1. The second kappa shape index (κ2) is 13.9. The fourth-order valence-electron chi connectivity index (χ4n) is 4.56. The fraction of sp³-hybridized carbons (Fsp3) is 0.212. The molecule has 1 atom stereocenters. The topological polar surface area (TPSA) is 67.9 Å². The Morgan fingerprint density at radius 3 is 2.05 bits per heavy atom. The third-order valence-electron chi connectivity index (χ3n) is 6.62.